The molecule has 3 rings (SSSR count). The number of benzene rings is 2. The molecule has 1 aromatic heterocycles. The van der Waals surface area contributed by atoms with Crippen molar-refractivity contribution in [2.24, 2.45) is 0 Å². The molecular weight excluding hydrogens is 264 g/mol. The first-order chi connectivity index (χ1) is 9.67. The second-order valence-electron chi connectivity index (χ2n) is 5.12. The maximum atomic E-state index is 4.77. The van der Waals surface area contributed by atoms with Gasteiger partial charge in [0.1, 0.15) is 5.01 Å². The molecule has 0 radical (unpaired) electrons. The summed E-state index contributed by atoms with van der Waals surface area (Å²) < 4.78 is 1.26. The highest BCUT2D eigenvalue weighted by Crippen LogP contribution is 2.31. The van der Waals surface area contributed by atoms with Crippen LogP contribution < -0.4 is 4.90 Å². The second-order valence-corrected chi connectivity index (χ2v) is 6.15. The fourth-order valence-electron chi connectivity index (χ4n) is 2.22. The summed E-state index contributed by atoms with van der Waals surface area (Å²) >= 11 is 1.76. The molecule has 0 aliphatic carbocycles. The summed E-state index contributed by atoms with van der Waals surface area (Å²) in [4.78, 5) is 6.88. The van der Waals surface area contributed by atoms with Crippen molar-refractivity contribution in [3.05, 3.63) is 48.0 Å². The molecule has 0 fully saturated rings. The largest absolute Gasteiger partial charge is 0.378 e. The Kier molecular flexibility index (Phi) is 3.45. The van der Waals surface area contributed by atoms with Crippen molar-refractivity contribution >= 4 is 27.2 Å². The Hall–Kier alpha value is -1.87. The smallest absolute Gasteiger partial charge is 0.124 e. The first-order valence-corrected chi connectivity index (χ1v) is 7.66. The van der Waals surface area contributed by atoms with Crippen molar-refractivity contribution < 1.29 is 0 Å². The summed E-state index contributed by atoms with van der Waals surface area (Å²) in [5, 5.41) is 1.10. The van der Waals surface area contributed by atoms with Crippen molar-refractivity contribution in [1.29, 1.82) is 0 Å². The third-order valence-electron chi connectivity index (χ3n) is 3.49. The van der Waals surface area contributed by atoms with E-state index in [-0.39, 0.29) is 0 Å². The predicted octanol–water partition coefficient (Wildman–Crippen LogP) is 4.59. The van der Waals surface area contributed by atoms with Crippen LogP contribution in [-0.4, -0.2) is 19.1 Å². The Labute approximate surface area is 123 Å². The lowest BCUT2D eigenvalue weighted by Crippen LogP contribution is -2.07. The fourth-order valence-corrected chi connectivity index (χ4v) is 3.17. The van der Waals surface area contributed by atoms with Gasteiger partial charge in [0.05, 0.1) is 10.2 Å². The minimum atomic E-state index is 1.06. The molecule has 2 aromatic carbocycles. The van der Waals surface area contributed by atoms with E-state index >= 15 is 0 Å². The highest BCUT2D eigenvalue weighted by atomic mass is 32.1. The standard InChI is InChI=1S/C17H18N2S/c1-4-12-5-10-16-15(11-12)18-17(20-16)13-6-8-14(9-7-13)19(2)3/h5-11H,4H2,1-3H3. The number of fused-ring (bicyclic) bond motifs is 1. The maximum absolute atomic E-state index is 4.77. The summed E-state index contributed by atoms with van der Waals surface area (Å²) in [5.74, 6) is 0. The Balaban J connectivity index is 2.01. The summed E-state index contributed by atoms with van der Waals surface area (Å²) in [6.07, 6.45) is 1.06. The minimum absolute atomic E-state index is 1.06. The monoisotopic (exact) mass is 282 g/mol. The van der Waals surface area contributed by atoms with Gasteiger partial charge in [-0.1, -0.05) is 13.0 Å². The molecule has 0 saturated carbocycles. The Morgan fingerprint density at radius 2 is 1.80 bits per heavy atom. The van der Waals surface area contributed by atoms with E-state index in [2.05, 4.69) is 68.4 Å². The summed E-state index contributed by atoms with van der Waals surface area (Å²) in [7, 11) is 4.11. The van der Waals surface area contributed by atoms with Crippen LogP contribution in [0, 0.1) is 0 Å². The van der Waals surface area contributed by atoms with E-state index in [4.69, 9.17) is 4.98 Å². The Morgan fingerprint density at radius 3 is 2.45 bits per heavy atom. The molecule has 0 N–H and O–H groups in total. The quantitative estimate of drug-likeness (QED) is 0.698. The number of nitrogens with zero attached hydrogens (tertiary/aromatic N) is 2. The maximum Gasteiger partial charge on any atom is 0.124 e. The summed E-state index contributed by atoms with van der Waals surface area (Å²) in [6, 6.07) is 15.1. The molecule has 3 aromatic rings. The lowest BCUT2D eigenvalue weighted by atomic mass is 10.1. The molecule has 1 heterocycles. The third-order valence-corrected chi connectivity index (χ3v) is 4.58. The van der Waals surface area contributed by atoms with Gasteiger partial charge in [0.25, 0.3) is 0 Å². The van der Waals surface area contributed by atoms with Gasteiger partial charge in [-0.3, -0.25) is 0 Å². The molecule has 3 heteroatoms. The zero-order valence-corrected chi connectivity index (χ0v) is 12.9. The van der Waals surface area contributed by atoms with Crippen LogP contribution >= 0.6 is 11.3 Å². The highest BCUT2D eigenvalue weighted by molar-refractivity contribution is 7.21. The van der Waals surface area contributed by atoms with Crippen LogP contribution in [0.1, 0.15) is 12.5 Å². The molecule has 0 atom stereocenters. The van der Waals surface area contributed by atoms with Gasteiger partial charge in [0.2, 0.25) is 0 Å². The zero-order chi connectivity index (χ0) is 14.1. The molecule has 0 aliphatic rings. The molecule has 0 spiro atoms. The van der Waals surface area contributed by atoms with Crippen LogP contribution in [0.3, 0.4) is 0 Å². The van der Waals surface area contributed by atoms with Gasteiger partial charge in [-0.2, -0.15) is 0 Å². The average Bonchev–Trinajstić information content (AvgIpc) is 2.90. The molecule has 0 aliphatic heterocycles. The van der Waals surface area contributed by atoms with E-state index in [1.165, 1.54) is 21.5 Å². The molecule has 0 saturated heterocycles. The lowest BCUT2D eigenvalue weighted by molar-refractivity contribution is 1.13. The third kappa shape index (κ3) is 2.41. The van der Waals surface area contributed by atoms with Gasteiger partial charge >= 0.3 is 0 Å². The van der Waals surface area contributed by atoms with Crippen LogP contribution in [0.4, 0.5) is 5.69 Å². The van der Waals surface area contributed by atoms with Crippen molar-refractivity contribution in [2.75, 3.05) is 19.0 Å². The van der Waals surface area contributed by atoms with Crippen molar-refractivity contribution in [3.63, 3.8) is 0 Å². The second kappa shape index (κ2) is 5.25. The highest BCUT2D eigenvalue weighted by Gasteiger charge is 2.07. The summed E-state index contributed by atoms with van der Waals surface area (Å²) in [5.41, 5.74) is 4.86. The molecule has 0 bridgehead atoms. The number of thiazole rings is 1. The van der Waals surface area contributed by atoms with E-state index in [1.54, 1.807) is 11.3 Å². The van der Waals surface area contributed by atoms with E-state index in [1.807, 2.05) is 0 Å². The Morgan fingerprint density at radius 1 is 1.05 bits per heavy atom. The minimum Gasteiger partial charge on any atom is -0.378 e. The molecule has 20 heavy (non-hydrogen) atoms. The van der Waals surface area contributed by atoms with Gasteiger partial charge in [-0.25, -0.2) is 4.98 Å². The number of aryl methyl sites for hydroxylation is 1. The number of aromatic nitrogens is 1. The normalized spacial score (nSPS) is 10.9. The Bertz CT molecular complexity index is 726. The first-order valence-electron chi connectivity index (χ1n) is 6.84. The van der Waals surface area contributed by atoms with E-state index in [0.717, 1.165) is 16.9 Å². The van der Waals surface area contributed by atoms with Crippen molar-refractivity contribution in [2.45, 2.75) is 13.3 Å². The molecule has 102 valence electrons. The lowest BCUT2D eigenvalue weighted by Gasteiger charge is -2.11. The van der Waals surface area contributed by atoms with Crippen molar-refractivity contribution in [1.82, 2.24) is 4.98 Å². The van der Waals surface area contributed by atoms with E-state index in [9.17, 15) is 0 Å². The van der Waals surface area contributed by atoms with Crippen LogP contribution in [0.25, 0.3) is 20.8 Å². The SMILES string of the molecule is CCc1ccc2sc(-c3ccc(N(C)C)cc3)nc2c1. The van der Waals surface area contributed by atoms with Crippen LogP contribution in [-0.2, 0) is 6.42 Å². The zero-order valence-electron chi connectivity index (χ0n) is 12.1. The van der Waals surface area contributed by atoms with E-state index < -0.39 is 0 Å². The number of anilines is 1. The molecule has 0 amide bonds. The van der Waals surface area contributed by atoms with Crippen LogP contribution in [0.5, 0.6) is 0 Å². The van der Waals surface area contributed by atoms with Crippen LogP contribution in [0.15, 0.2) is 42.5 Å². The van der Waals surface area contributed by atoms with Gasteiger partial charge in [0.15, 0.2) is 0 Å². The van der Waals surface area contributed by atoms with Crippen LogP contribution in [0.2, 0.25) is 0 Å². The predicted molar refractivity (Wildman–Crippen MR) is 88.8 cm³/mol. The van der Waals surface area contributed by atoms with Gasteiger partial charge < -0.3 is 4.90 Å². The first kappa shape index (κ1) is 13.1. The summed E-state index contributed by atoms with van der Waals surface area (Å²) in [6.45, 7) is 2.18. The van der Waals surface area contributed by atoms with Crippen molar-refractivity contribution in [3.8, 4) is 10.6 Å². The van der Waals surface area contributed by atoms with E-state index in [0.29, 0.717) is 0 Å². The molecule has 2 nitrogen and oxygen atoms in total. The topological polar surface area (TPSA) is 16.1 Å². The number of rotatable bonds is 3. The van der Waals surface area contributed by atoms with Gasteiger partial charge in [-0.05, 0) is 48.4 Å². The average molecular weight is 282 g/mol. The fraction of sp³-hybridized carbons (Fsp3) is 0.235. The van der Waals surface area contributed by atoms with Gasteiger partial charge in [0, 0.05) is 25.3 Å². The molecule has 0 unspecified atom stereocenters. The molecular formula is C17H18N2S. The van der Waals surface area contributed by atoms with Gasteiger partial charge in [-0.15, -0.1) is 11.3 Å². The number of hydrogen-bond donors (Lipinski definition) is 0. The number of hydrogen-bond acceptors (Lipinski definition) is 3.